The predicted octanol–water partition coefficient (Wildman–Crippen LogP) is 2.43. The van der Waals surface area contributed by atoms with Crippen molar-refractivity contribution in [3.05, 3.63) is 87.7 Å². The minimum Gasteiger partial charge on any atom is -0.477 e. The topological polar surface area (TPSA) is 194 Å². The minimum absolute atomic E-state index is 0.182. The number of carbonyl (C=O) groups is 2. The van der Waals surface area contributed by atoms with Crippen LogP contribution in [0.15, 0.2) is 70.4 Å². The lowest BCUT2D eigenvalue weighted by molar-refractivity contribution is 0.0695. The molecular weight excluding hydrogens is 540 g/mol. The molecule has 0 radical (unpaired) electrons. The minimum atomic E-state index is -4.36. The SMILES string of the molecule is Cn1c(=O)c(C(=O)O)c2c3c(c(Nc4ccc(S(=O)(=O)O)cc4)ccc31)C(=O)c1ccccc1-2.O=S(=O)=O. The van der Waals surface area contributed by atoms with Gasteiger partial charge in [-0.05, 0) is 42.0 Å². The number of nitrogens with one attached hydrogen (secondary N) is 1. The fraction of sp³-hybridized carbons (Fsp3) is 0.0417. The molecule has 3 N–H and O–H groups in total. The van der Waals surface area contributed by atoms with Gasteiger partial charge in [-0.25, -0.2) is 4.79 Å². The van der Waals surface area contributed by atoms with Gasteiger partial charge >= 0.3 is 16.6 Å². The van der Waals surface area contributed by atoms with Crippen LogP contribution in [-0.2, 0) is 27.8 Å². The fourth-order valence-corrected chi connectivity index (χ4v) is 4.82. The van der Waals surface area contributed by atoms with Gasteiger partial charge in [-0.3, -0.25) is 14.1 Å². The second kappa shape index (κ2) is 9.66. The molecule has 1 aromatic heterocycles. The highest BCUT2D eigenvalue weighted by molar-refractivity contribution is 7.85. The monoisotopic (exact) mass is 556 g/mol. The maximum absolute atomic E-state index is 13.6. The molecular formula is C24H16N2O10S2. The van der Waals surface area contributed by atoms with Crippen LogP contribution in [0.25, 0.3) is 22.0 Å². The van der Waals surface area contributed by atoms with E-state index in [0.29, 0.717) is 27.8 Å². The fourth-order valence-electron chi connectivity index (χ4n) is 4.34. The lowest BCUT2D eigenvalue weighted by atomic mass is 9.81. The quantitative estimate of drug-likeness (QED) is 0.275. The molecule has 12 nitrogen and oxygen atoms in total. The Morgan fingerprint density at radius 1 is 0.895 bits per heavy atom. The van der Waals surface area contributed by atoms with Gasteiger partial charge in [-0.15, -0.1) is 12.6 Å². The first kappa shape index (κ1) is 26.4. The molecule has 0 spiro atoms. The summed E-state index contributed by atoms with van der Waals surface area (Å²) in [5.74, 6) is -1.74. The van der Waals surface area contributed by atoms with E-state index in [-0.39, 0.29) is 27.4 Å². The summed E-state index contributed by atoms with van der Waals surface area (Å²) in [6.45, 7) is 0. The van der Waals surface area contributed by atoms with Gasteiger partial charge < -0.3 is 15.0 Å². The number of ketones is 1. The number of hydrogen-bond acceptors (Lipinski definition) is 9. The predicted molar refractivity (Wildman–Crippen MR) is 134 cm³/mol. The van der Waals surface area contributed by atoms with Gasteiger partial charge in [0.05, 0.1) is 21.7 Å². The van der Waals surface area contributed by atoms with E-state index < -0.39 is 37.8 Å². The number of carboxylic acid groups (broad SMARTS) is 1. The van der Waals surface area contributed by atoms with Crippen LogP contribution in [0.3, 0.4) is 0 Å². The molecule has 0 saturated carbocycles. The lowest BCUT2D eigenvalue weighted by Crippen LogP contribution is -2.28. The molecule has 0 unspecified atom stereocenters. The Morgan fingerprint density at radius 2 is 1.47 bits per heavy atom. The van der Waals surface area contributed by atoms with Crippen LogP contribution >= 0.6 is 0 Å². The van der Waals surface area contributed by atoms with Crippen LogP contribution in [0.2, 0.25) is 0 Å². The van der Waals surface area contributed by atoms with Crippen molar-refractivity contribution in [2.75, 3.05) is 5.32 Å². The van der Waals surface area contributed by atoms with Crippen molar-refractivity contribution >= 4 is 54.8 Å². The molecule has 0 saturated heterocycles. The van der Waals surface area contributed by atoms with Crippen LogP contribution in [0, 0.1) is 0 Å². The summed E-state index contributed by atoms with van der Waals surface area (Å²) in [5.41, 5.74) is 1.08. The standard InChI is InChI=1S/C24H16N2O7S.O3S/c1-26-17-11-10-16(25-12-6-8-13(9-7-12)34(31,32)33)19-20(17)18(21(23(26)28)24(29)30)14-4-2-3-5-15(14)22(19)27;1-4(2)3/h2-11,25H,1H3,(H,29,30)(H,31,32,33);. The summed E-state index contributed by atoms with van der Waals surface area (Å²) in [5, 5.41) is 13.3. The molecule has 4 aromatic rings. The van der Waals surface area contributed by atoms with E-state index in [1.54, 1.807) is 36.4 Å². The summed E-state index contributed by atoms with van der Waals surface area (Å²) in [4.78, 5) is 38.4. The molecule has 1 heterocycles. The third-order valence-electron chi connectivity index (χ3n) is 5.88. The number of carbonyl (C=O) groups excluding carboxylic acids is 1. The van der Waals surface area contributed by atoms with E-state index in [1.165, 1.54) is 35.9 Å². The van der Waals surface area contributed by atoms with Gasteiger partial charge in [0.15, 0.2) is 5.78 Å². The van der Waals surface area contributed by atoms with Crippen molar-refractivity contribution < 1.29 is 40.3 Å². The molecule has 3 aromatic carbocycles. The van der Waals surface area contributed by atoms with E-state index in [1.807, 2.05) is 0 Å². The summed E-state index contributed by atoms with van der Waals surface area (Å²) in [6.07, 6.45) is 0. The lowest BCUT2D eigenvalue weighted by Gasteiger charge is -2.25. The average molecular weight is 557 g/mol. The maximum atomic E-state index is 13.6. The number of pyridine rings is 1. The van der Waals surface area contributed by atoms with Crippen molar-refractivity contribution in [1.82, 2.24) is 4.57 Å². The second-order valence-corrected chi connectivity index (χ2v) is 9.83. The van der Waals surface area contributed by atoms with Crippen molar-refractivity contribution in [3.8, 4) is 11.1 Å². The van der Waals surface area contributed by atoms with E-state index in [9.17, 15) is 32.5 Å². The molecule has 1 aliphatic carbocycles. The van der Waals surface area contributed by atoms with Gasteiger partial charge in [-0.2, -0.15) is 8.42 Å². The Kier molecular flexibility index (Phi) is 6.71. The molecule has 1 aliphatic rings. The summed E-state index contributed by atoms with van der Waals surface area (Å²) < 4.78 is 58.4. The van der Waals surface area contributed by atoms with E-state index in [2.05, 4.69) is 5.32 Å². The van der Waals surface area contributed by atoms with Gasteiger partial charge in [0.25, 0.3) is 15.7 Å². The van der Waals surface area contributed by atoms with Crippen molar-refractivity contribution in [2.45, 2.75) is 4.90 Å². The number of nitrogens with zero attached hydrogens (tertiary/aromatic N) is 1. The maximum Gasteiger partial charge on any atom is 0.425 e. The summed E-state index contributed by atoms with van der Waals surface area (Å²) in [7, 11) is -6.03. The Balaban J connectivity index is 0.000000786. The number of aryl methyl sites for hydroxylation is 1. The van der Waals surface area contributed by atoms with Crippen LogP contribution in [0.4, 0.5) is 11.4 Å². The largest absolute Gasteiger partial charge is 0.477 e. The number of carboxylic acids is 1. The van der Waals surface area contributed by atoms with Gasteiger partial charge in [0.1, 0.15) is 5.56 Å². The molecule has 14 heteroatoms. The number of fused-ring (bicyclic) bond motifs is 2. The van der Waals surface area contributed by atoms with Gasteiger partial charge in [0.2, 0.25) is 0 Å². The van der Waals surface area contributed by atoms with Crippen molar-refractivity contribution in [1.29, 1.82) is 0 Å². The zero-order valence-corrected chi connectivity index (χ0v) is 20.8. The molecule has 38 heavy (non-hydrogen) atoms. The number of anilines is 2. The van der Waals surface area contributed by atoms with E-state index in [0.717, 1.165) is 0 Å². The molecule has 194 valence electrons. The Hall–Kier alpha value is -4.66. The highest BCUT2D eigenvalue weighted by atomic mass is 32.2. The highest BCUT2D eigenvalue weighted by Crippen LogP contribution is 2.43. The number of aromatic carboxylic acids is 1. The van der Waals surface area contributed by atoms with E-state index >= 15 is 0 Å². The summed E-state index contributed by atoms with van der Waals surface area (Å²) >= 11 is 0. The number of aromatic nitrogens is 1. The Morgan fingerprint density at radius 3 is 2.03 bits per heavy atom. The van der Waals surface area contributed by atoms with Crippen LogP contribution in [-0.4, -0.2) is 47.0 Å². The van der Waals surface area contributed by atoms with E-state index in [4.69, 9.17) is 12.6 Å². The molecule has 0 aliphatic heterocycles. The van der Waals surface area contributed by atoms with Crippen LogP contribution in [0.1, 0.15) is 26.3 Å². The normalized spacial score (nSPS) is 11.8. The zero-order chi connectivity index (χ0) is 27.9. The van der Waals surface area contributed by atoms with Gasteiger partial charge in [-0.1, -0.05) is 24.3 Å². The second-order valence-electron chi connectivity index (χ2n) is 8.00. The highest BCUT2D eigenvalue weighted by Gasteiger charge is 2.33. The third-order valence-corrected chi connectivity index (χ3v) is 6.74. The average Bonchev–Trinajstić information content (AvgIpc) is 2.84. The van der Waals surface area contributed by atoms with Crippen molar-refractivity contribution in [3.63, 3.8) is 0 Å². The van der Waals surface area contributed by atoms with Gasteiger partial charge in [0, 0.05) is 29.2 Å². The van der Waals surface area contributed by atoms with Crippen molar-refractivity contribution in [2.24, 2.45) is 7.05 Å². The Labute approximate surface area is 215 Å². The molecule has 0 bridgehead atoms. The third kappa shape index (κ3) is 4.58. The first-order valence-electron chi connectivity index (χ1n) is 10.5. The number of hydrogen-bond donors (Lipinski definition) is 3. The smallest absolute Gasteiger partial charge is 0.425 e. The first-order valence-corrected chi connectivity index (χ1v) is 12.9. The molecule has 0 amide bonds. The molecule has 0 atom stereocenters. The zero-order valence-electron chi connectivity index (χ0n) is 19.2. The summed E-state index contributed by atoms with van der Waals surface area (Å²) in [6, 6.07) is 15.0. The molecule has 5 rings (SSSR count). The number of benzene rings is 3. The number of rotatable bonds is 4. The molecule has 0 fully saturated rings. The van der Waals surface area contributed by atoms with Crippen LogP contribution < -0.4 is 10.9 Å². The van der Waals surface area contributed by atoms with Crippen LogP contribution in [0.5, 0.6) is 0 Å². The Bertz CT molecular complexity index is 1940. The first-order chi connectivity index (χ1) is 17.8.